The quantitative estimate of drug-likeness (QED) is 0.911. The van der Waals surface area contributed by atoms with E-state index in [1.165, 1.54) is 0 Å². The average molecular weight is 295 g/mol. The molecule has 0 radical (unpaired) electrons. The summed E-state index contributed by atoms with van der Waals surface area (Å²) in [6, 6.07) is 17.3. The topological polar surface area (TPSA) is 62.7 Å². The van der Waals surface area contributed by atoms with Crippen LogP contribution in [0.2, 0.25) is 0 Å². The minimum absolute atomic E-state index is 0.121. The number of amides is 2. The van der Waals surface area contributed by atoms with Crippen molar-refractivity contribution >= 4 is 11.7 Å². The third-order valence-corrected chi connectivity index (χ3v) is 3.43. The molecule has 2 amide bonds. The van der Waals surface area contributed by atoms with E-state index in [-0.39, 0.29) is 12.1 Å². The van der Waals surface area contributed by atoms with Crippen molar-refractivity contribution in [2.24, 2.45) is 5.10 Å². The van der Waals surface area contributed by atoms with Crippen molar-refractivity contribution in [3.05, 3.63) is 65.7 Å². The van der Waals surface area contributed by atoms with Gasteiger partial charge in [-0.05, 0) is 36.8 Å². The molecule has 5 nitrogen and oxygen atoms in total. The lowest BCUT2D eigenvalue weighted by molar-refractivity contribution is 0.239. The van der Waals surface area contributed by atoms with E-state index in [0.29, 0.717) is 6.61 Å². The number of hydrazone groups is 1. The second-order valence-corrected chi connectivity index (χ2v) is 5.10. The first-order valence-corrected chi connectivity index (χ1v) is 7.13. The molecule has 0 fully saturated rings. The second kappa shape index (κ2) is 6.30. The lowest BCUT2D eigenvalue weighted by Gasteiger charge is -2.21. The Hall–Kier alpha value is -2.82. The fraction of sp³-hybridized carbons (Fsp3) is 0.176. The van der Waals surface area contributed by atoms with Crippen molar-refractivity contribution in [2.75, 3.05) is 0 Å². The van der Waals surface area contributed by atoms with Gasteiger partial charge in [0.1, 0.15) is 12.4 Å². The number of hydrogen-bond acceptors (Lipinski definition) is 3. The first kappa shape index (κ1) is 14.1. The van der Waals surface area contributed by atoms with Crippen LogP contribution in [-0.2, 0) is 6.61 Å². The monoisotopic (exact) mass is 295 g/mol. The van der Waals surface area contributed by atoms with Crippen LogP contribution < -0.4 is 15.5 Å². The van der Waals surface area contributed by atoms with Crippen molar-refractivity contribution in [3.8, 4) is 5.75 Å². The Morgan fingerprint density at radius 1 is 1.09 bits per heavy atom. The Morgan fingerprint density at radius 2 is 1.82 bits per heavy atom. The van der Waals surface area contributed by atoms with Crippen molar-refractivity contribution in [2.45, 2.75) is 19.6 Å². The molecule has 0 bridgehead atoms. The first-order valence-electron chi connectivity index (χ1n) is 7.13. The van der Waals surface area contributed by atoms with Crippen LogP contribution >= 0.6 is 0 Å². The molecule has 1 heterocycles. The molecule has 22 heavy (non-hydrogen) atoms. The van der Waals surface area contributed by atoms with Crippen LogP contribution in [0, 0.1) is 0 Å². The van der Waals surface area contributed by atoms with E-state index in [1.807, 2.05) is 61.5 Å². The summed E-state index contributed by atoms with van der Waals surface area (Å²) in [5.41, 5.74) is 5.31. The van der Waals surface area contributed by atoms with Crippen molar-refractivity contribution in [3.63, 3.8) is 0 Å². The van der Waals surface area contributed by atoms with Crippen LogP contribution in [0.1, 0.15) is 18.1 Å². The molecule has 5 heteroatoms. The summed E-state index contributed by atoms with van der Waals surface area (Å²) in [7, 11) is 0. The summed E-state index contributed by atoms with van der Waals surface area (Å²) in [6.07, 6.45) is 0. The largest absolute Gasteiger partial charge is 0.489 e. The van der Waals surface area contributed by atoms with E-state index in [2.05, 4.69) is 15.8 Å². The molecule has 1 atom stereocenters. The number of urea groups is 1. The van der Waals surface area contributed by atoms with Gasteiger partial charge < -0.3 is 10.1 Å². The Bertz CT molecular complexity index is 681. The standard InChI is InChI=1S/C17H17N3O2/c1-12-16(19-20-17(21)18-12)14-7-9-15(10-8-14)22-11-13-5-3-2-4-6-13/h2-10,12H,11H2,1H3,(H2,18,20,21). The van der Waals surface area contributed by atoms with Crippen molar-refractivity contribution < 1.29 is 9.53 Å². The highest BCUT2D eigenvalue weighted by molar-refractivity contribution is 6.07. The Kier molecular flexibility index (Phi) is 4.05. The van der Waals surface area contributed by atoms with Crippen LogP contribution in [0.3, 0.4) is 0 Å². The van der Waals surface area contributed by atoms with Crippen molar-refractivity contribution in [1.29, 1.82) is 0 Å². The molecule has 0 spiro atoms. The lowest BCUT2D eigenvalue weighted by Crippen LogP contribution is -2.48. The number of carbonyl (C=O) groups excluding carboxylic acids is 1. The first-order chi connectivity index (χ1) is 10.7. The normalized spacial score (nSPS) is 17.2. The van der Waals surface area contributed by atoms with Crippen LogP contribution in [0.5, 0.6) is 5.75 Å². The van der Waals surface area contributed by atoms with E-state index in [4.69, 9.17) is 4.74 Å². The molecule has 1 aliphatic rings. The second-order valence-electron chi connectivity index (χ2n) is 5.10. The Balaban J connectivity index is 1.67. The Labute approximate surface area is 129 Å². The maximum absolute atomic E-state index is 11.2. The van der Waals surface area contributed by atoms with Gasteiger partial charge >= 0.3 is 6.03 Å². The van der Waals surface area contributed by atoms with E-state index in [9.17, 15) is 4.79 Å². The van der Waals surface area contributed by atoms with Gasteiger partial charge in [-0.1, -0.05) is 30.3 Å². The van der Waals surface area contributed by atoms with Gasteiger partial charge in [0.15, 0.2) is 0 Å². The van der Waals surface area contributed by atoms with Crippen LogP contribution in [0.4, 0.5) is 4.79 Å². The predicted octanol–water partition coefficient (Wildman–Crippen LogP) is 2.67. The number of hydrogen-bond donors (Lipinski definition) is 2. The van der Waals surface area contributed by atoms with Gasteiger partial charge in [0, 0.05) is 5.56 Å². The average Bonchev–Trinajstić information content (AvgIpc) is 2.55. The zero-order chi connectivity index (χ0) is 15.4. The maximum atomic E-state index is 11.2. The molecular formula is C17H17N3O2. The van der Waals surface area contributed by atoms with Crippen LogP contribution in [-0.4, -0.2) is 17.8 Å². The highest BCUT2D eigenvalue weighted by Gasteiger charge is 2.20. The maximum Gasteiger partial charge on any atom is 0.335 e. The van der Waals surface area contributed by atoms with Gasteiger partial charge in [-0.2, -0.15) is 5.10 Å². The number of benzene rings is 2. The van der Waals surface area contributed by atoms with E-state index < -0.39 is 0 Å². The molecule has 0 saturated heterocycles. The fourth-order valence-corrected chi connectivity index (χ4v) is 2.28. The van der Waals surface area contributed by atoms with Crippen LogP contribution in [0.15, 0.2) is 59.7 Å². The molecule has 1 aliphatic heterocycles. The predicted molar refractivity (Wildman–Crippen MR) is 84.9 cm³/mol. The van der Waals surface area contributed by atoms with Crippen LogP contribution in [0.25, 0.3) is 0 Å². The molecule has 0 aliphatic carbocycles. The summed E-state index contributed by atoms with van der Waals surface area (Å²) in [5, 5.41) is 6.88. The van der Waals surface area contributed by atoms with Gasteiger partial charge in [0.05, 0.1) is 11.8 Å². The molecule has 0 aromatic heterocycles. The third kappa shape index (κ3) is 3.25. The number of ether oxygens (including phenoxy) is 1. The fourth-order valence-electron chi connectivity index (χ4n) is 2.28. The zero-order valence-electron chi connectivity index (χ0n) is 12.2. The summed E-state index contributed by atoms with van der Waals surface area (Å²) in [6.45, 7) is 2.44. The van der Waals surface area contributed by atoms with Gasteiger partial charge in [0.25, 0.3) is 0 Å². The molecule has 2 aromatic carbocycles. The molecule has 0 saturated carbocycles. The number of nitrogens with zero attached hydrogens (tertiary/aromatic N) is 1. The van der Waals surface area contributed by atoms with Gasteiger partial charge in [0.2, 0.25) is 0 Å². The third-order valence-electron chi connectivity index (χ3n) is 3.43. The minimum Gasteiger partial charge on any atom is -0.489 e. The summed E-state index contributed by atoms with van der Waals surface area (Å²) < 4.78 is 5.75. The van der Waals surface area contributed by atoms with E-state index in [1.54, 1.807) is 0 Å². The smallest absolute Gasteiger partial charge is 0.335 e. The minimum atomic E-state index is -0.279. The highest BCUT2D eigenvalue weighted by Crippen LogP contribution is 2.16. The van der Waals surface area contributed by atoms with Gasteiger partial charge in [-0.3, -0.25) is 0 Å². The summed E-state index contributed by atoms with van der Waals surface area (Å²) >= 11 is 0. The molecule has 2 N–H and O–H groups in total. The number of carbonyl (C=O) groups is 1. The number of nitrogens with one attached hydrogen (secondary N) is 2. The lowest BCUT2D eigenvalue weighted by atomic mass is 10.0. The van der Waals surface area contributed by atoms with E-state index >= 15 is 0 Å². The summed E-state index contributed by atoms with van der Waals surface area (Å²) in [4.78, 5) is 11.2. The van der Waals surface area contributed by atoms with Gasteiger partial charge in [-0.25, -0.2) is 10.2 Å². The highest BCUT2D eigenvalue weighted by atomic mass is 16.5. The molecule has 112 valence electrons. The zero-order valence-corrected chi connectivity index (χ0v) is 12.2. The Morgan fingerprint density at radius 3 is 2.50 bits per heavy atom. The SMILES string of the molecule is CC1NC(=O)NN=C1c1ccc(OCc2ccccc2)cc1. The molecule has 2 aromatic rings. The van der Waals surface area contributed by atoms with Crippen molar-refractivity contribution in [1.82, 2.24) is 10.7 Å². The number of rotatable bonds is 4. The molecule has 3 rings (SSSR count). The van der Waals surface area contributed by atoms with E-state index in [0.717, 1.165) is 22.6 Å². The summed E-state index contributed by atoms with van der Waals surface area (Å²) in [5.74, 6) is 0.800. The van der Waals surface area contributed by atoms with Gasteiger partial charge in [-0.15, -0.1) is 0 Å². The molecule has 1 unspecified atom stereocenters. The molecular weight excluding hydrogens is 278 g/mol.